The predicted molar refractivity (Wildman–Crippen MR) is 118 cm³/mol. The fourth-order valence-corrected chi connectivity index (χ4v) is 13.1. The van der Waals surface area contributed by atoms with E-state index in [4.69, 9.17) is 14.2 Å². The summed E-state index contributed by atoms with van der Waals surface area (Å²) in [6.45, 7) is 0. The van der Waals surface area contributed by atoms with E-state index in [2.05, 4.69) is 36.4 Å². The van der Waals surface area contributed by atoms with Gasteiger partial charge in [-0.1, -0.05) is 0 Å². The maximum absolute atomic E-state index is 5.69. The zero-order valence-electron chi connectivity index (χ0n) is 15.4. The van der Waals surface area contributed by atoms with E-state index in [9.17, 15) is 0 Å². The van der Waals surface area contributed by atoms with Gasteiger partial charge in [0.25, 0.3) is 0 Å². The van der Waals surface area contributed by atoms with Crippen molar-refractivity contribution in [2.45, 2.75) is 0 Å². The smallest absolute Gasteiger partial charge is 0.147 e. The van der Waals surface area contributed by atoms with Gasteiger partial charge in [0.15, 0.2) is 0 Å². The van der Waals surface area contributed by atoms with Crippen LogP contribution in [0.3, 0.4) is 0 Å². The Morgan fingerprint density at radius 1 is 0.481 bits per heavy atom. The van der Waals surface area contributed by atoms with Crippen LogP contribution in [0.2, 0.25) is 0 Å². The van der Waals surface area contributed by atoms with Crippen molar-refractivity contribution in [1.82, 2.24) is 0 Å². The van der Waals surface area contributed by atoms with Gasteiger partial charge in [0, 0.05) is 0 Å². The van der Waals surface area contributed by atoms with Crippen molar-refractivity contribution < 1.29 is 14.2 Å². The van der Waals surface area contributed by atoms with E-state index in [1.165, 1.54) is 9.81 Å². The van der Waals surface area contributed by atoms with E-state index in [-0.39, 0.29) is 24.8 Å². The van der Waals surface area contributed by atoms with Gasteiger partial charge in [0.1, 0.15) is 0 Å². The molecule has 0 bridgehead atoms. The molecule has 0 saturated heterocycles. The molecule has 0 N–H and O–H groups in total. The first-order valence-corrected chi connectivity index (χ1v) is 13.2. The average Bonchev–Trinajstić information content (AvgIpc) is 2.69. The van der Waals surface area contributed by atoms with E-state index < -0.39 is 21.8 Å². The van der Waals surface area contributed by atoms with Crippen LogP contribution in [0.5, 0.6) is 17.2 Å². The van der Waals surface area contributed by atoms with Crippen molar-refractivity contribution in [3.63, 3.8) is 0 Å². The van der Waals surface area contributed by atoms with Crippen molar-refractivity contribution in [2.75, 3.05) is 21.3 Å². The second kappa shape index (κ2) is 11.4. The molecular weight excluding hydrogens is 580 g/mol. The van der Waals surface area contributed by atoms with Crippen LogP contribution in [0.15, 0.2) is 72.8 Å². The summed E-state index contributed by atoms with van der Waals surface area (Å²) in [6.07, 6.45) is 0. The zero-order chi connectivity index (χ0) is 17.6. The normalized spacial score (nSPS) is 9.78. The fraction of sp³-hybridized carbons (Fsp3) is 0.143. The second-order valence-electron chi connectivity index (χ2n) is 5.35. The van der Waals surface area contributed by atoms with Gasteiger partial charge in [-0.25, -0.2) is 0 Å². The third kappa shape index (κ3) is 5.07. The molecule has 0 radical (unpaired) electrons. The van der Waals surface area contributed by atoms with E-state index >= 15 is 0 Å². The van der Waals surface area contributed by atoms with Gasteiger partial charge >= 0.3 is 157 Å². The summed E-state index contributed by atoms with van der Waals surface area (Å²) < 4.78 is 20.9. The Labute approximate surface area is 181 Å². The Morgan fingerprint density at radius 2 is 0.741 bits per heavy atom. The summed E-state index contributed by atoms with van der Waals surface area (Å²) in [5.74, 6) is 2.78. The summed E-state index contributed by atoms with van der Waals surface area (Å²) in [6, 6.07) is 24.9. The summed E-state index contributed by atoms with van der Waals surface area (Å²) in [7, 11) is 5.18. The van der Waals surface area contributed by atoms with Gasteiger partial charge in [-0.15, -0.1) is 24.8 Å². The Kier molecular flexibility index (Phi) is 9.94. The first-order valence-electron chi connectivity index (χ1n) is 7.99. The van der Waals surface area contributed by atoms with Gasteiger partial charge in [-0.2, -0.15) is 0 Å². The molecule has 0 spiro atoms. The van der Waals surface area contributed by atoms with E-state index in [1.54, 1.807) is 21.3 Å². The number of ether oxygens (including phenoxy) is 3. The number of hydrogen-bond acceptors (Lipinski definition) is 3. The molecule has 3 nitrogen and oxygen atoms in total. The molecule has 6 heteroatoms. The van der Waals surface area contributed by atoms with Gasteiger partial charge in [-0.3, -0.25) is 0 Å². The second-order valence-corrected chi connectivity index (χ2v) is 13.6. The Bertz CT molecular complexity index is 745. The molecule has 144 valence electrons. The number of hydrogen-bond donors (Lipinski definition) is 0. The van der Waals surface area contributed by atoms with Gasteiger partial charge in [-0.05, 0) is 0 Å². The summed E-state index contributed by atoms with van der Waals surface area (Å²) in [4.78, 5) is 0. The molecule has 0 fully saturated rings. The first kappa shape index (κ1) is 23.6. The van der Waals surface area contributed by atoms with Crippen LogP contribution in [-0.2, 0) is 0 Å². The minimum atomic E-state index is -2.69. The Hall–Kier alpha value is -1.48. The number of para-hydroxylation sites is 3. The minimum absolute atomic E-state index is 0. The van der Waals surface area contributed by atoms with Crippen LogP contribution < -0.4 is 24.0 Å². The molecule has 0 amide bonds. The third-order valence-corrected chi connectivity index (χ3v) is 13.9. The number of halogens is 2. The molecular formula is C21H23BiCl2O3. The summed E-state index contributed by atoms with van der Waals surface area (Å²) in [5, 5.41) is 0. The van der Waals surface area contributed by atoms with Crippen LogP contribution in [0.25, 0.3) is 0 Å². The maximum atomic E-state index is 5.69. The van der Waals surface area contributed by atoms with E-state index in [0.29, 0.717) is 0 Å². The molecule has 0 saturated carbocycles. The number of rotatable bonds is 6. The van der Waals surface area contributed by atoms with Crippen LogP contribution in [0, 0.1) is 0 Å². The van der Waals surface area contributed by atoms with Crippen LogP contribution >= 0.6 is 24.8 Å². The molecule has 0 aliphatic heterocycles. The zero-order valence-corrected chi connectivity index (χ0v) is 20.5. The molecule has 27 heavy (non-hydrogen) atoms. The van der Waals surface area contributed by atoms with Gasteiger partial charge < -0.3 is 0 Å². The largest absolute Gasteiger partial charge is 0.147 e. The summed E-state index contributed by atoms with van der Waals surface area (Å²) in [5.41, 5.74) is 0. The van der Waals surface area contributed by atoms with E-state index in [0.717, 1.165) is 17.2 Å². The number of benzene rings is 3. The molecule has 0 atom stereocenters. The fourth-order valence-electron chi connectivity index (χ4n) is 2.83. The first-order chi connectivity index (χ1) is 12.3. The predicted octanol–water partition coefficient (Wildman–Crippen LogP) is 3.07. The van der Waals surface area contributed by atoms with Crippen LogP contribution in [0.1, 0.15) is 0 Å². The molecule has 3 aromatic rings. The molecule has 3 aromatic carbocycles. The maximum Gasteiger partial charge on any atom is -0.147 e. The average molecular weight is 603 g/mol. The monoisotopic (exact) mass is 602 g/mol. The minimum Gasteiger partial charge on any atom is -0.147 e. The number of methoxy groups -OCH3 is 3. The standard InChI is InChI=1S/3C7H7O.Bi.2ClH/c3*1-8-7-5-3-2-4-6-7;;;/h3*2-5H,1H3;;2*1H. The van der Waals surface area contributed by atoms with E-state index in [1.807, 2.05) is 36.4 Å². The van der Waals surface area contributed by atoms with Crippen molar-refractivity contribution in [3.8, 4) is 17.2 Å². The van der Waals surface area contributed by atoms with Crippen molar-refractivity contribution in [3.05, 3.63) is 72.8 Å². The van der Waals surface area contributed by atoms with Gasteiger partial charge in [0.05, 0.1) is 0 Å². The molecule has 0 aromatic heterocycles. The van der Waals surface area contributed by atoms with Crippen molar-refractivity contribution >= 4 is 56.4 Å². The Morgan fingerprint density at radius 3 is 1.00 bits per heavy atom. The molecule has 0 unspecified atom stereocenters. The SMILES string of the molecule is COc1cccc[c]1[Bi]([c]1ccccc1OC)[c]1ccccc1OC.Cl.Cl. The molecule has 0 aliphatic rings. The quantitative estimate of drug-likeness (QED) is 0.406. The van der Waals surface area contributed by atoms with Crippen molar-refractivity contribution in [2.24, 2.45) is 0 Å². The molecule has 0 heterocycles. The molecule has 3 rings (SSSR count). The van der Waals surface area contributed by atoms with Crippen molar-refractivity contribution in [1.29, 1.82) is 0 Å². The van der Waals surface area contributed by atoms with Crippen LogP contribution in [0.4, 0.5) is 0 Å². The summed E-state index contributed by atoms with van der Waals surface area (Å²) >= 11 is -2.69. The Balaban J connectivity index is 0.00000182. The molecule has 0 aliphatic carbocycles. The van der Waals surface area contributed by atoms with Crippen LogP contribution in [-0.4, -0.2) is 43.1 Å². The topological polar surface area (TPSA) is 27.7 Å². The third-order valence-electron chi connectivity index (χ3n) is 3.98. The van der Waals surface area contributed by atoms with Gasteiger partial charge in [0.2, 0.25) is 0 Å².